The van der Waals surface area contributed by atoms with E-state index >= 15 is 0 Å². The van der Waals surface area contributed by atoms with Crippen LogP contribution in [-0.4, -0.2) is 0 Å². The van der Waals surface area contributed by atoms with Crippen LogP contribution in [0.1, 0.15) is 20.8 Å². The molecule has 0 amide bonds. The van der Waals surface area contributed by atoms with Crippen LogP contribution in [0.5, 0.6) is 0 Å². The SMILES string of the molecule is C=CC(C=C)=C(/C=C\C)/C=C(\C=C)N=NC(/C=C\C=C/C)=C/C. The molecule has 2 heteroatoms. The van der Waals surface area contributed by atoms with E-state index in [1.54, 1.807) is 18.2 Å². The molecule has 120 valence electrons. The quantitative estimate of drug-likeness (QED) is 0.331. The smallest absolute Gasteiger partial charge is 0.0857 e. The molecule has 0 saturated heterocycles. The van der Waals surface area contributed by atoms with Gasteiger partial charge in [0.25, 0.3) is 0 Å². The lowest BCUT2D eigenvalue weighted by molar-refractivity contribution is 1.11. The van der Waals surface area contributed by atoms with Crippen molar-refractivity contribution in [1.82, 2.24) is 0 Å². The van der Waals surface area contributed by atoms with Gasteiger partial charge in [0.15, 0.2) is 0 Å². The molecular weight excluding hydrogens is 280 g/mol. The predicted octanol–water partition coefficient (Wildman–Crippen LogP) is 6.79. The molecule has 0 radical (unpaired) electrons. The third-order valence-corrected chi connectivity index (χ3v) is 2.78. The van der Waals surface area contributed by atoms with Gasteiger partial charge in [0.05, 0.1) is 11.4 Å². The van der Waals surface area contributed by atoms with Gasteiger partial charge in [-0.1, -0.05) is 68.3 Å². The van der Waals surface area contributed by atoms with Crippen LogP contribution in [0.2, 0.25) is 0 Å². The summed E-state index contributed by atoms with van der Waals surface area (Å²) in [6.07, 6.45) is 20.6. The molecular formula is C21H26N2. The van der Waals surface area contributed by atoms with Crippen molar-refractivity contribution in [2.45, 2.75) is 20.8 Å². The number of azo groups is 1. The molecule has 0 aromatic carbocycles. The van der Waals surface area contributed by atoms with Gasteiger partial charge >= 0.3 is 0 Å². The highest BCUT2D eigenvalue weighted by atomic mass is 15.1. The van der Waals surface area contributed by atoms with Crippen LogP contribution in [0, 0.1) is 0 Å². The molecule has 0 aliphatic rings. The Morgan fingerprint density at radius 1 is 0.696 bits per heavy atom. The molecule has 0 aromatic rings. The first-order chi connectivity index (χ1) is 11.2. The second kappa shape index (κ2) is 13.0. The Morgan fingerprint density at radius 3 is 1.83 bits per heavy atom. The Hall–Kier alpha value is -2.74. The number of rotatable bonds is 9. The Labute approximate surface area is 140 Å². The van der Waals surface area contributed by atoms with Crippen molar-refractivity contribution in [2.24, 2.45) is 10.2 Å². The second-order valence-electron chi connectivity index (χ2n) is 4.39. The van der Waals surface area contributed by atoms with E-state index in [-0.39, 0.29) is 0 Å². The van der Waals surface area contributed by atoms with Gasteiger partial charge < -0.3 is 0 Å². The first kappa shape index (κ1) is 20.3. The number of hydrogen-bond donors (Lipinski definition) is 0. The van der Waals surface area contributed by atoms with Gasteiger partial charge in [0, 0.05) is 0 Å². The van der Waals surface area contributed by atoms with E-state index in [4.69, 9.17) is 0 Å². The zero-order valence-electron chi connectivity index (χ0n) is 14.4. The van der Waals surface area contributed by atoms with Gasteiger partial charge in [-0.25, -0.2) is 0 Å². The van der Waals surface area contributed by atoms with Crippen molar-refractivity contribution in [3.8, 4) is 0 Å². The van der Waals surface area contributed by atoms with E-state index in [1.165, 1.54) is 0 Å². The zero-order chi connectivity index (χ0) is 17.5. The molecule has 0 aliphatic carbocycles. The van der Waals surface area contributed by atoms with Crippen molar-refractivity contribution in [2.75, 3.05) is 0 Å². The normalized spacial score (nSPS) is 13.3. The number of hydrogen-bond acceptors (Lipinski definition) is 2. The first-order valence-corrected chi connectivity index (χ1v) is 7.50. The maximum Gasteiger partial charge on any atom is 0.0857 e. The number of nitrogens with zero attached hydrogens (tertiary/aromatic N) is 2. The Balaban J connectivity index is 5.60. The van der Waals surface area contributed by atoms with E-state index in [1.807, 2.05) is 69.4 Å². The maximum absolute atomic E-state index is 4.25. The molecule has 0 heterocycles. The van der Waals surface area contributed by atoms with Crippen molar-refractivity contribution in [3.05, 3.63) is 109 Å². The second-order valence-corrected chi connectivity index (χ2v) is 4.39. The van der Waals surface area contributed by atoms with E-state index in [0.29, 0.717) is 5.70 Å². The Morgan fingerprint density at radius 2 is 1.35 bits per heavy atom. The van der Waals surface area contributed by atoms with Gasteiger partial charge in [0.1, 0.15) is 0 Å². The molecule has 0 saturated carbocycles. The summed E-state index contributed by atoms with van der Waals surface area (Å²) in [4.78, 5) is 0. The summed E-state index contributed by atoms with van der Waals surface area (Å²) in [5.41, 5.74) is 3.33. The van der Waals surface area contributed by atoms with Gasteiger partial charge in [-0.15, -0.1) is 0 Å². The van der Waals surface area contributed by atoms with E-state index in [2.05, 4.69) is 30.0 Å². The van der Waals surface area contributed by atoms with Crippen LogP contribution < -0.4 is 0 Å². The summed E-state index contributed by atoms with van der Waals surface area (Å²) >= 11 is 0. The van der Waals surface area contributed by atoms with E-state index in [0.717, 1.165) is 16.8 Å². The van der Waals surface area contributed by atoms with Crippen molar-refractivity contribution < 1.29 is 0 Å². The van der Waals surface area contributed by atoms with Crippen LogP contribution in [0.3, 0.4) is 0 Å². The van der Waals surface area contributed by atoms with Gasteiger partial charge in [-0.05, 0) is 50.1 Å². The summed E-state index contributed by atoms with van der Waals surface area (Å²) in [5.74, 6) is 0. The van der Waals surface area contributed by atoms with Crippen LogP contribution >= 0.6 is 0 Å². The summed E-state index contributed by atoms with van der Waals surface area (Å²) < 4.78 is 0. The largest absolute Gasteiger partial charge is 0.151 e. The minimum Gasteiger partial charge on any atom is -0.151 e. The van der Waals surface area contributed by atoms with Gasteiger partial charge in [-0.2, -0.15) is 10.2 Å². The lowest BCUT2D eigenvalue weighted by atomic mass is 10.1. The lowest BCUT2D eigenvalue weighted by Crippen LogP contribution is -1.82. The van der Waals surface area contributed by atoms with E-state index < -0.39 is 0 Å². The van der Waals surface area contributed by atoms with Crippen LogP contribution in [0.25, 0.3) is 0 Å². The highest BCUT2D eigenvalue weighted by molar-refractivity contribution is 5.47. The van der Waals surface area contributed by atoms with Crippen molar-refractivity contribution in [1.29, 1.82) is 0 Å². The van der Waals surface area contributed by atoms with Crippen LogP contribution in [0.4, 0.5) is 0 Å². The Bertz CT molecular complexity index is 608. The third-order valence-electron chi connectivity index (χ3n) is 2.78. The van der Waals surface area contributed by atoms with Gasteiger partial charge in [-0.3, -0.25) is 0 Å². The third kappa shape index (κ3) is 8.32. The highest BCUT2D eigenvalue weighted by Gasteiger charge is 1.97. The molecule has 0 bridgehead atoms. The summed E-state index contributed by atoms with van der Waals surface area (Å²) in [7, 11) is 0. The van der Waals surface area contributed by atoms with Gasteiger partial charge in [0.2, 0.25) is 0 Å². The lowest BCUT2D eigenvalue weighted by Gasteiger charge is -2.01. The fraction of sp³-hybridized carbons (Fsp3) is 0.143. The summed E-state index contributed by atoms with van der Waals surface area (Å²) in [6, 6.07) is 0. The molecule has 2 nitrogen and oxygen atoms in total. The number of allylic oxidation sites excluding steroid dienone is 13. The first-order valence-electron chi connectivity index (χ1n) is 7.50. The molecule has 0 atom stereocenters. The van der Waals surface area contributed by atoms with Crippen LogP contribution in [-0.2, 0) is 0 Å². The summed E-state index contributed by atoms with van der Waals surface area (Å²) in [6.45, 7) is 17.2. The molecule has 0 aromatic heterocycles. The molecule has 0 rings (SSSR count). The Kier molecular flexibility index (Phi) is 11.4. The predicted molar refractivity (Wildman–Crippen MR) is 103 cm³/mol. The molecule has 0 aliphatic heterocycles. The fourth-order valence-corrected chi connectivity index (χ4v) is 1.58. The zero-order valence-corrected chi connectivity index (χ0v) is 14.4. The van der Waals surface area contributed by atoms with E-state index in [9.17, 15) is 0 Å². The average molecular weight is 306 g/mol. The topological polar surface area (TPSA) is 24.7 Å². The molecule has 0 unspecified atom stereocenters. The molecule has 0 N–H and O–H groups in total. The standard InChI is InChI=1S/C21H26N2/c1-7-13-14-16-20(11-5)22-23-21(12-6)17-19(15-8-2)18(9-3)10-4/h7-17H,3-4,6H2,1-2,5H3/b13-7-,15-8-,16-14-,20-11+,21-17+,23-22?. The average Bonchev–Trinajstić information content (AvgIpc) is 2.57. The molecule has 23 heavy (non-hydrogen) atoms. The molecule has 0 fully saturated rings. The van der Waals surface area contributed by atoms with Crippen LogP contribution in [0.15, 0.2) is 119 Å². The maximum atomic E-state index is 4.25. The monoisotopic (exact) mass is 306 g/mol. The fourth-order valence-electron chi connectivity index (χ4n) is 1.58. The summed E-state index contributed by atoms with van der Waals surface area (Å²) in [5, 5.41) is 8.49. The van der Waals surface area contributed by atoms with Crippen molar-refractivity contribution >= 4 is 0 Å². The minimum absolute atomic E-state index is 0.665. The highest BCUT2D eigenvalue weighted by Crippen LogP contribution is 2.15. The minimum atomic E-state index is 0.665. The van der Waals surface area contributed by atoms with Crippen molar-refractivity contribution in [3.63, 3.8) is 0 Å². The molecule has 0 spiro atoms.